The summed E-state index contributed by atoms with van der Waals surface area (Å²) in [7, 11) is 0. The molecule has 1 saturated heterocycles. The molecular formula is C22H23F2NO3. The maximum Gasteiger partial charge on any atom is 0.317 e. The van der Waals surface area contributed by atoms with Gasteiger partial charge in [-0.15, -0.1) is 0 Å². The van der Waals surface area contributed by atoms with E-state index in [1.807, 2.05) is 0 Å². The van der Waals surface area contributed by atoms with Gasteiger partial charge in [0.15, 0.2) is 5.78 Å². The largest absolute Gasteiger partial charge is 0.480 e. The van der Waals surface area contributed by atoms with Crippen molar-refractivity contribution in [1.82, 2.24) is 5.32 Å². The van der Waals surface area contributed by atoms with Crippen LogP contribution in [0.3, 0.4) is 0 Å². The molecule has 1 aliphatic rings. The highest BCUT2D eigenvalue weighted by Crippen LogP contribution is 2.36. The molecule has 0 amide bonds. The van der Waals surface area contributed by atoms with Crippen LogP contribution >= 0.6 is 0 Å². The van der Waals surface area contributed by atoms with Gasteiger partial charge in [0.05, 0.1) is 0 Å². The lowest BCUT2D eigenvalue weighted by atomic mass is 9.71. The van der Waals surface area contributed by atoms with E-state index in [0.29, 0.717) is 24.2 Å². The number of nitrogens with one attached hydrogen (secondary N) is 1. The maximum atomic E-state index is 14.2. The molecule has 0 spiro atoms. The molecule has 1 unspecified atom stereocenters. The third kappa shape index (κ3) is 4.28. The van der Waals surface area contributed by atoms with Crippen molar-refractivity contribution in [1.29, 1.82) is 0 Å². The van der Waals surface area contributed by atoms with Crippen LogP contribution in [0.4, 0.5) is 8.78 Å². The molecule has 1 aliphatic heterocycles. The molecule has 1 fully saturated rings. The van der Waals surface area contributed by atoms with E-state index in [9.17, 15) is 23.5 Å². The first-order valence-electron chi connectivity index (χ1n) is 9.39. The van der Waals surface area contributed by atoms with E-state index < -0.39 is 23.1 Å². The Hall–Kier alpha value is -2.60. The van der Waals surface area contributed by atoms with Gasteiger partial charge < -0.3 is 10.4 Å². The molecule has 28 heavy (non-hydrogen) atoms. The van der Waals surface area contributed by atoms with E-state index in [-0.39, 0.29) is 37.3 Å². The number of piperidine rings is 1. The first kappa shape index (κ1) is 20.1. The van der Waals surface area contributed by atoms with Gasteiger partial charge in [0.1, 0.15) is 17.0 Å². The fraction of sp³-hybridized carbons (Fsp3) is 0.364. The lowest BCUT2D eigenvalue weighted by molar-refractivity contribution is -0.157. The Bertz CT molecular complexity index is 845. The third-order valence-corrected chi connectivity index (χ3v) is 5.60. The number of halogens is 2. The average molecular weight is 387 g/mol. The van der Waals surface area contributed by atoms with E-state index in [4.69, 9.17) is 0 Å². The molecule has 6 heteroatoms. The third-order valence-electron chi connectivity index (χ3n) is 5.60. The average Bonchev–Trinajstić information content (AvgIpc) is 2.70. The Balaban J connectivity index is 1.90. The topological polar surface area (TPSA) is 66.4 Å². The molecule has 4 nitrogen and oxygen atoms in total. The van der Waals surface area contributed by atoms with Gasteiger partial charge in [0.2, 0.25) is 0 Å². The van der Waals surface area contributed by atoms with Crippen LogP contribution in [0.25, 0.3) is 0 Å². The highest BCUT2D eigenvalue weighted by atomic mass is 19.1. The van der Waals surface area contributed by atoms with Crippen molar-refractivity contribution in [2.24, 2.45) is 5.41 Å². The smallest absolute Gasteiger partial charge is 0.317 e. The summed E-state index contributed by atoms with van der Waals surface area (Å²) >= 11 is 0. The van der Waals surface area contributed by atoms with Crippen LogP contribution < -0.4 is 5.32 Å². The SMILES string of the molecule is O=C(O)C1(C(=O)CC(Cc2ccccc2F)c2ccc(F)cc2)CCNCC1. The first-order valence-corrected chi connectivity index (χ1v) is 9.39. The zero-order valence-corrected chi connectivity index (χ0v) is 15.5. The van der Waals surface area contributed by atoms with Crippen LogP contribution in [-0.2, 0) is 16.0 Å². The maximum absolute atomic E-state index is 14.2. The summed E-state index contributed by atoms with van der Waals surface area (Å²) in [6.07, 6.45) is 0.665. The van der Waals surface area contributed by atoms with Gasteiger partial charge in [-0.2, -0.15) is 0 Å². The lowest BCUT2D eigenvalue weighted by Gasteiger charge is -2.33. The van der Waals surface area contributed by atoms with Crippen molar-refractivity contribution >= 4 is 11.8 Å². The molecule has 2 aromatic rings. The van der Waals surface area contributed by atoms with Crippen molar-refractivity contribution in [2.45, 2.75) is 31.6 Å². The minimum atomic E-state index is -1.42. The fourth-order valence-corrected chi connectivity index (χ4v) is 3.86. The molecule has 0 radical (unpaired) electrons. The van der Waals surface area contributed by atoms with Gasteiger partial charge in [-0.1, -0.05) is 30.3 Å². The lowest BCUT2D eigenvalue weighted by Crippen LogP contribution is -2.48. The van der Waals surface area contributed by atoms with Crippen LogP contribution in [-0.4, -0.2) is 29.9 Å². The molecule has 2 N–H and O–H groups in total. The molecule has 1 atom stereocenters. The van der Waals surface area contributed by atoms with Crippen molar-refractivity contribution in [3.8, 4) is 0 Å². The molecule has 0 bridgehead atoms. The molecule has 3 rings (SSSR count). The Morgan fingerprint density at radius 3 is 2.29 bits per heavy atom. The van der Waals surface area contributed by atoms with Crippen molar-refractivity contribution < 1.29 is 23.5 Å². The van der Waals surface area contributed by atoms with Crippen molar-refractivity contribution in [3.05, 3.63) is 71.3 Å². The summed E-state index contributed by atoms with van der Waals surface area (Å²) in [5.41, 5.74) is -0.287. The predicted molar refractivity (Wildman–Crippen MR) is 101 cm³/mol. The van der Waals surface area contributed by atoms with Crippen LogP contribution in [0.1, 0.15) is 36.3 Å². The van der Waals surface area contributed by atoms with E-state index >= 15 is 0 Å². The van der Waals surface area contributed by atoms with Crippen LogP contribution in [0.15, 0.2) is 48.5 Å². The number of hydrogen-bond donors (Lipinski definition) is 2. The molecule has 2 aromatic carbocycles. The van der Waals surface area contributed by atoms with Gasteiger partial charge in [0.25, 0.3) is 0 Å². The number of carbonyl (C=O) groups is 2. The van der Waals surface area contributed by atoms with Gasteiger partial charge in [0, 0.05) is 6.42 Å². The predicted octanol–water partition coefficient (Wildman–Crippen LogP) is 3.70. The minimum absolute atomic E-state index is 0.0354. The summed E-state index contributed by atoms with van der Waals surface area (Å²) in [5, 5.41) is 12.8. The number of ketones is 1. The van der Waals surface area contributed by atoms with E-state index in [0.717, 1.165) is 0 Å². The number of carbonyl (C=O) groups excluding carboxylic acids is 1. The summed E-state index contributed by atoms with van der Waals surface area (Å²) in [4.78, 5) is 25.0. The number of carboxylic acids is 1. The molecular weight excluding hydrogens is 364 g/mol. The number of carboxylic acid groups (broad SMARTS) is 1. The van der Waals surface area contributed by atoms with Crippen molar-refractivity contribution in [2.75, 3.05) is 13.1 Å². The number of benzene rings is 2. The van der Waals surface area contributed by atoms with E-state index in [1.54, 1.807) is 30.3 Å². The van der Waals surface area contributed by atoms with Gasteiger partial charge in [-0.25, -0.2) is 8.78 Å². The Morgan fingerprint density at radius 1 is 1.04 bits per heavy atom. The van der Waals surface area contributed by atoms with Gasteiger partial charge in [-0.3, -0.25) is 9.59 Å². The monoisotopic (exact) mass is 387 g/mol. The van der Waals surface area contributed by atoms with Crippen LogP contribution in [0, 0.1) is 17.0 Å². The second-order valence-electron chi connectivity index (χ2n) is 7.31. The van der Waals surface area contributed by atoms with Gasteiger partial charge >= 0.3 is 5.97 Å². The number of hydrogen-bond acceptors (Lipinski definition) is 3. The fourth-order valence-electron chi connectivity index (χ4n) is 3.86. The number of aliphatic carboxylic acids is 1. The molecule has 1 heterocycles. The zero-order valence-electron chi connectivity index (χ0n) is 15.5. The second-order valence-corrected chi connectivity index (χ2v) is 7.31. The highest BCUT2D eigenvalue weighted by Gasteiger charge is 2.46. The molecule has 0 aliphatic carbocycles. The van der Waals surface area contributed by atoms with Gasteiger partial charge in [-0.05, 0) is 67.6 Å². The standard InChI is InChI=1S/C22H23F2NO3/c23-18-7-5-15(6-8-18)17(13-16-3-1-2-4-19(16)24)14-20(26)22(21(27)28)9-11-25-12-10-22/h1-8,17,25H,9-14H2,(H,27,28). The summed E-state index contributed by atoms with van der Waals surface area (Å²) < 4.78 is 27.5. The second kappa shape index (κ2) is 8.61. The van der Waals surface area contributed by atoms with Crippen LogP contribution in [0.5, 0.6) is 0 Å². The highest BCUT2D eigenvalue weighted by molar-refractivity contribution is 6.03. The number of Topliss-reactive ketones (excluding diaryl/α,β-unsaturated/α-hetero) is 1. The van der Waals surface area contributed by atoms with E-state index in [2.05, 4.69) is 5.32 Å². The number of rotatable bonds is 7. The Kier molecular flexibility index (Phi) is 6.19. The summed E-state index contributed by atoms with van der Waals surface area (Å²) in [6.45, 7) is 0.930. The molecule has 148 valence electrons. The minimum Gasteiger partial charge on any atom is -0.480 e. The quantitative estimate of drug-likeness (QED) is 0.711. The van der Waals surface area contributed by atoms with Crippen LogP contribution in [0.2, 0.25) is 0 Å². The Labute approximate surface area is 162 Å². The molecule has 0 aromatic heterocycles. The first-order chi connectivity index (χ1) is 13.4. The van der Waals surface area contributed by atoms with Crippen molar-refractivity contribution in [3.63, 3.8) is 0 Å². The zero-order chi connectivity index (χ0) is 20.1. The Morgan fingerprint density at radius 2 is 1.68 bits per heavy atom. The normalized spacial score (nSPS) is 17.1. The molecule has 0 saturated carbocycles. The summed E-state index contributed by atoms with van der Waals surface area (Å²) in [5.74, 6) is -2.68. The summed E-state index contributed by atoms with van der Waals surface area (Å²) in [6, 6.07) is 12.0. The van der Waals surface area contributed by atoms with E-state index in [1.165, 1.54) is 18.2 Å².